The van der Waals surface area contributed by atoms with E-state index in [4.69, 9.17) is 0 Å². The highest BCUT2D eigenvalue weighted by Crippen LogP contribution is 2.15. The van der Waals surface area contributed by atoms with Crippen LogP contribution in [-0.4, -0.2) is 23.4 Å². The summed E-state index contributed by atoms with van der Waals surface area (Å²) in [5, 5.41) is 0. The minimum Gasteiger partial charge on any atom is -0.336 e. The summed E-state index contributed by atoms with van der Waals surface area (Å²) in [4.78, 5) is 14.0. The van der Waals surface area contributed by atoms with Crippen molar-refractivity contribution in [2.75, 3.05) is 6.54 Å². The van der Waals surface area contributed by atoms with Crippen LogP contribution in [0, 0.1) is 3.57 Å². The zero-order valence-corrected chi connectivity index (χ0v) is 11.5. The average Bonchev–Trinajstić information content (AvgIpc) is 2.18. The summed E-state index contributed by atoms with van der Waals surface area (Å²) < 4.78 is 1.01. The van der Waals surface area contributed by atoms with Gasteiger partial charge in [0.25, 0.3) is 5.91 Å². The predicted molar refractivity (Wildman–Crippen MR) is 71.0 cm³/mol. The van der Waals surface area contributed by atoms with Crippen LogP contribution in [0.25, 0.3) is 0 Å². The lowest BCUT2D eigenvalue weighted by Crippen LogP contribution is -2.37. The number of carbonyl (C=O) groups excluding carboxylic acids is 1. The van der Waals surface area contributed by atoms with Gasteiger partial charge in [0.15, 0.2) is 0 Å². The van der Waals surface area contributed by atoms with Gasteiger partial charge < -0.3 is 4.90 Å². The molecule has 0 aliphatic carbocycles. The molecule has 0 atom stereocenters. The summed E-state index contributed by atoms with van der Waals surface area (Å²) in [5.74, 6) is 0.123. The molecule has 0 heterocycles. The minimum atomic E-state index is 0.123. The highest BCUT2D eigenvalue weighted by molar-refractivity contribution is 14.1. The first-order chi connectivity index (χ1) is 7.07. The van der Waals surface area contributed by atoms with Gasteiger partial charge in [0.2, 0.25) is 0 Å². The molecule has 0 aliphatic heterocycles. The Kier molecular flexibility index (Phi) is 4.57. The first kappa shape index (κ1) is 12.5. The Bertz CT molecular complexity index is 349. The van der Waals surface area contributed by atoms with Gasteiger partial charge in [-0.2, -0.15) is 0 Å². The van der Waals surface area contributed by atoms with Crippen molar-refractivity contribution in [3.05, 3.63) is 33.4 Å². The van der Waals surface area contributed by atoms with E-state index >= 15 is 0 Å². The van der Waals surface area contributed by atoms with Gasteiger partial charge >= 0.3 is 0 Å². The molecule has 0 saturated heterocycles. The molecule has 0 unspecified atom stereocenters. The molecule has 0 bridgehead atoms. The van der Waals surface area contributed by atoms with Gasteiger partial charge in [0, 0.05) is 16.2 Å². The maximum absolute atomic E-state index is 12.2. The molecule has 0 fully saturated rings. The maximum atomic E-state index is 12.2. The number of nitrogens with zero attached hydrogens (tertiary/aromatic N) is 1. The standard InChI is InChI=1S/C12H16INO/c1-4-14(9(2)3)12(15)10-7-5-6-8-11(10)13/h5-9H,4H2,1-3H3. The molecule has 82 valence electrons. The van der Waals surface area contributed by atoms with E-state index in [9.17, 15) is 4.79 Å². The second kappa shape index (κ2) is 5.49. The fraction of sp³-hybridized carbons (Fsp3) is 0.417. The van der Waals surface area contributed by atoms with E-state index in [1.165, 1.54) is 0 Å². The van der Waals surface area contributed by atoms with Gasteiger partial charge in [-0.3, -0.25) is 4.79 Å². The molecule has 0 radical (unpaired) electrons. The molecule has 2 nitrogen and oxygen atoms in total. The van der Waals surface area contributed by atoms with Crippen LogP contribution in [0.1, 0.15) is 31.1 Å². The van der Waals surface area contributed by atoms with Crippen LogP contribution >= 0.6 is 22.6 Å². The van der Waals surface area contributed by atoms with Crippen molar-refractivity contribution in [3.8, 4) is 0 Å². The van der Waals surface area contributed by atoms with Crippen molar-refractivity contribution in [1.82, 2.24) is 4.90 Å². The molecule has 3 heteroatoms. The maximum Gasteiger partial charge on any atom is 0.255 e. The molecule has 0 aromatic heterocycles. The lowest BCUT2D eigenvalue weighted by atomic mass is 10.2. The van der Waals surface area contributed by atoms with Crippen LogP contribution < -0.4 is 0 Å². The Morgan fingerprint density at radius 3 is 2.47 bits per heavy atom. The molecule has 15 heavy (non-hydrogen) atoms. The van der Waals surface area contributed by atoms with Crippen molar-refractivity contribution in [2.24, 2.45) is 0 Å². The van der Waals surface area contributed by atoms with Crippen LogP contribution in [-0.2, 0) is 0 Å². The molecular weight excluding hydrogens is 301 g/mol. The Morgan fingerprint density at radius 2 is 2.00 bits per heavy atom. The van der Waals surface area contributed by atoms with Crippen molar-refractivity contribution in [2.45, 2.75) is 26.8 Å². The smallest absolute Gasteiger partial charge is 0.255 e. The molecule has 0 spiro atoms. The van der Waals surface area contributed by atoms with E-state index < -0.39 is 0 Å². The largest absolute Gasteiger partial charge is 0.336 e. The number of amides is 1. The minimum absolute atomic E-state index is 0.123. The molecule has 1 aromatic carbocycles. The lowest BCUT2D eigenvalue weighted by Gasteiger charge is -2.25. The Morgan fingerprint density at radius 1 is 1.40 bits per heavy atom. The van der Waals surface area contributed by atoms with Gasteiger partial charge in [0.1, 0.15) is 0 Å². The SMILES string of the molecule is CCN(C(=O)c1ccccc1I)C(C)C. The van der Waals surface area contributed by atoms with Crippen LogP contribution in [0.2, 0.25) is 0 Å². The van der Waals surface area contributed by atoms with Gasteiger partial charge in [-0.25, -0.2) is 0 Å². The van der Waals surface area contributed by atoms with Gasteiger partial charge in [-0.05, 0) is 55.5 Å². The second-order valence-corrected chi connectivity index (χ2v) is 4.83. The molecular formula is C12H16INO. The van der Waals surface area contributed by atoms with E-state index in [0.29, 0.717) is 0 Å². The summed E-state index contributed by atoms with van der Waals surface area (Å²) in [6.07, 6.45) is 0. The van der Waals surface area contributed by atoms with Gasteiger partial charge in [0.05, 0.1) is 5.56 Å². The molecule has 1 aromatic rings. The summed E-state index contributed by atoms with van der Waals surface area (Å²) >= 11 is 2.20. The highest BCUT2D eigenvalue weighted by Gasteiger charge is 2.18. The molecule has 1 rings (SSSR count). The number of benzene rings is 1. The third kappa shape index (κ3) is 2.93. The molecule has 0 N–H and O–H groups in total. The lowest BCUT2D eigenvalue weighted by molar-refractivity contribution is 0.0716. The van der Waals surface area contributed by atoms with E-state index in [0.717, 1.165) is 15.7 Å². The Hall–Kier alpha value is -0.580. The predicted octanol–water partition coefficient (Wildman–Crippen LogP) is 3.16. The Labute approximate surface area is 105 Å². The summed E-state index contributed by atoms with van der Waals surface area (Å²) in [6.45, 7) is 6.84. The van der Waals surface area contributed by atoms with E-state index in [1.54, 1.807) is 0 Å². The third-order valence-corrected chi connectivity index (χ3v) is 3.27. The second-order valence-electron chi connectivity index (χ2n) is 3.66. The van der Waals surface area contributed by atoms with E-state index in [1.807, 2.05) is 49.9 Å². The van der Waals surface area contributed by atoms with Gasteiger partial charge in [-0.1, -0.05) is 12.1 Å². The highest BCUT2D eigenvalue weighted by atomic mass is 127. The topological polar surface area (TPSA) is 20.3 Å². The van der Waals surface area contributed by atoms with E-state index in [2.05, 4.69) is 22.6 Å². The molecule has 0 saturated carbocycles. The summed E-state index contributed by atoms with van der Waals surface area (Å²) in [6, 6.07) is 7.95. The average molecular weight is 317 g/mol. The first-order valence-corrected chi connectivity index (χ1v) is 6.21. The van der Waals surface area contributed by atoms with Crippen LogP contribution in [0.15, 0.2) is 24.3 Å². The van der Waals surface area contributed by atoms with Crippen molar-refractivity contribution >= 4 is 28.5 Å². The monoisotopic (exact) mass is 317 g/mol. The van der Waals surface area contributed by atoms with Crippen molar-refractivity contribution < 1.29 is 4.79 Å². The fourth-order valence-electron chi connectivity index (χ4n) is 1.53. The Balaban J connectivity index is 2.98. The van der Waals surface area contributed by atoms with Crippen molar-refractivity contribution in [3.63, 3.8) is 0 Å². The zero-order chi connectivity index (χ0) is 11.4. The number of hydrogen-bond donors (Lipinski definition) is 0. The van der Waals surface area contributed by atoms with Crippen molar-refractivity contribution in [1.29, 1.82) is 0 Å². The molecule has 1 amide bonds. The zero-order valence-electron chi connectivity index (χ0n) is 9.33. The van der Waals surface area contributed by atoms with Gasteiger partial charge in [-0.15, -0.1) is 0 Å². The first-order valence-electron chi connectivity index (χ1n) is 5.13. The quantitative estimate of drug-likeness (QED) is 0.784. The van der Waals surface area contributed by atoms with Crippen LogP contribution in [0.4, 0.5) is 0 Å². The fourth-order valence-corrected chi connectivity index (χ4v) is 2.15. The molecule has 0 aliphatic rings. The van der Waals surface area contributed by atoms with Crippen LogP contribution in [0.5, 0.6) is 0 Å². The number of halogens is 1. The van der Waals surface area contributed by atoms with E-state index in [-0.39, 0.29) is 11.9 Å². The summed E-state index contributed by atoms with van der Waals surface area (Å²) in [7, 11) is 0. The number of hydrogen-bond acceptors (Lipinski definition) is 1. The normalized spacial score (nSPS) is 10.5. The summed E-state index contributed by atoms with van der Waals surface area (Å²) in [5.41, 5.74) is 0.800. The number of carbonyl (C=O) groups is 1. The third-order valence-electron chi connectivity index (χ3n) is 2.33. The number of rotatable bonds is 3. The van der Waals surface area contributed by atoms with Crippen LogP contribution in [0.3, 0.4) is 0 Å².